The van der Waals surface area contributed by atoms with Crippen molar-refractivity contribution in [1.29, 1.82) is 0 Å². The van der Waals surface area contributed by atoms with E-state index in [0.29, 0.717) is 5.56 Å². The number of aromatic carboxylic acids is 2. The van der Waals surface area contributed by atoms with Crippen LogP contribution in [0.15, 0.2) is 12.1 Å². The molecule has 29 heavy (non-hydrogen) atoms. The molecular formula is C20H22O9. The fraction of sp³-hybridized carbons (Fsp3) is 0.300. The van der Waals surface area contributed by atoms with Gasteiger partial charge in [-0.2, -0.15) is 0 Å². The number of carbonyl (C=O) groups is 2. The summed E-state index contributed by atoms with van der Waals surface area (Å²) in [6.07, 6.45) is 0. The first-order valence-electron chi connectivity index (χ1n) is 8.32. The topological polar surface area (TPSA) is 121 Å². The van der Waals surface area contributed by atoms with Crippen molar-refractivity contribution < 1.29 is 43.5 Å². The Morgan fingerprint density at radius 1 is 0.655 bits per heavy atom. The number of methoxy groups -OCH3 is 5. The molecule has 156 valence electrons. The van der Waals surface area contributed by atoms with Gasteiger partial charge in [-0.05, 0) is 19.1 Å². The molecule has 9 heteroatoms. The summed E-state index contributed by atoms with van der Waals surface area (Å²) < 4.78 is 26.7. The first-order chi connectivity index (χ1) is 13.8. The summed E-state index contributed by atoms with van der Waals surface area (Å²) in [7, 11) is 6.77. The highest BCUT2D eigenvalue weighted by Gasteiger charge is 2.32. The van der Waals surface area contributed by atoms with Crippen LogP contribution in [0.2, 0.25) is 0 Å². The van der Waals surface area contributed by atoms with E-state index in [1.54, 1.807) is 6.92 Å². The second kappa shape index (κ2) is 8.59. The van der Waals surface area contributed by atoms with E-state index in [4.69, 9.17) is 23.7 Å². The summed E-state index contributed by atoms with van der Waals surface area (Å²) in [5.74, 6) is -1.98. The minimum absolute atomic E-state index is 0.00498. The van der Waals surface area contributed by atoms with Gasteiger partial charge in [0.05, 0.1) is 46.7 Å². The summed E-state index contributed by atoms with van der Waals surface area (Å²) >= 11 is 0. The van der Waals surface area contributed by atoms with Crippen molar-refractivity contribution in [1.82, 2.24) is 0 Å². The molecule has 0 amide bonds. The smallest absolute Gasteiger partial charge is 0.336 e. The van der Waals surface area contributed by atoms with E-state index >= 15 is 0 Å². The van der Waals surface area contributed by atoms with Crippen molar-refractivity contribution in [3.05, 3.63) is 28.8 Å². The zero-order valence-electron chi connectivity index (χ0n) is 16.9. The minimum Gasteiger partial charge on any atom is -0.496 e. The highest BCUT2D eigenvalue weighted by molar-refractivity contribution is 6.07. The van der Waals surface area contributed by atoms with Gasteiger partial charge in [-0.1, -0.05) is 0 Å². The Kier molecular flexibility index (Phi) is 6.42. The molecule has 0 aliphatic carbocycles. The van der Waals surface area contributed by atoms with Gasteiger partial charge in [0.1, 0.15) is 11.5 Å². The molecule has 0 fully saturated rings. The van der Waals surface area contributed by atoms with Gasteiger partial charge in [0.25, 0.3) is 0 Å². The van der Waals surface area contributed by atoms with Crippen molar-refractivity contribution in [2.75, 3.05) is 35.5 Å². The summed E-state index contributed by atoms with van der Waals surface area (Å²) in [5.41, 5.74) is 0.0246. The Hall–Kier alpha value is -3.62. The van der Waals surface area contributed by atoms with Crippen molar-refractivity contribution >= 4 is 11.9 Å². The zero-order valence-corrected chi connectivity index (χ0v) is 16.9. The number of hydrogen-bond donors (Lipinski definition) is 2. The van der Waals surface area contributed by atoms with Gasteiger partial charge in [-0.25, -0.2) is 9.59 Å². The van der Waals surface area contributed by atoms with Gasteiger partial charge in [-0.3, -0.25) is 0 Å². The minimum atomic E-state index is -1.31. The quantitative estimate of drug-likeness (QED) is 0.681. The van der Waals surface area contributed by atoms with Crippen LogP contribution < -0.4 is 23.7 Å². The fourth-order valence-electron chi connectivity index (χ4n) is 3.19. The summed E-state index contributed by atoms with van der Waals surface area (Å²) in [4.78, 5) is 24.1. The Bertz CT molecular complexity index is 963. The Balaban J connectivity index is 3.18. The number of benzene rings is 2. The van der Waals surface area contributed by atoms with E-state index in [-0.39, 0.29) is 51.0 Å². The molecule has 0 aliphatic heterocycles. The van der Waals surface area contributed by atoms with E-state index in [1.807, 2.05) is 0 Å². The first kappa shape index (κ1) is 21.7. The third-order valence-electron chi connectivity index (χ3n) is 4.45. The molecular weight excluding hydrogens is 384 g/mol. The molecule has 2 aromatic carbocycles. The molecule has 0 aromatic heterocycles. The van der Waals surface area contributed by atoms with Gasteiger partial charge in [-0.15, -0.1) is 0 Å². The highest BCUT2D eigenvalue weighted by Crippen LogP contribution is 2.51. The molecule has 9 nitrogen and oxygen atoms in total. The van der Waals surface area contributed by atoms with Gasteiger partial charge in [0.2, 0.25) is 5.75 Å². The van der Waals surface area contributed by atoms with Gasteiger partial charge in [0.15, 0.2) is 11.5 Å². The van der Waals surface area contributed by atoms with Gasteiger partial charge < -0.3 is 33.9 Å². The first-order valence-corrected chi connectivity index (χ1v) is 8.32. The summed E-state index contributed by atoms with van der Waals surface area (Å²) in [5, 5.41) is 19.7. The molecule has 0 aliphatic rings. The van der Waals surface area contributed by atoms with Crippen LogP contribution in [0.25, 0.3) is 11.1 Å². The monoisotopic (exact) mass is 406 g/mol. The van der Waals surface area contributed by atoms with Crippen LogP contribution in [0, 0.1) is 6.92 Å². The van der Waals surface area contributed by atoms with Crippen LogP contribution in [0.3, 0.4) is 0 Å². The highest BCUT2D eigenvalue weighted by atomic mass is 16.5. The molecule has 0 heterocycles. The molecule has 0 saturated carbocycles. The molecule has 2 rings (SSSR count). The standard InChI is InChI=1S/C20H22O9/c1-9-12(25-2)7-10(19(21)22)14(16(9)27-4)15-11(20(23)24)8-13(26-3)17(28-5)18(15)29-6/h7-8H,1-6H3,(H,21,22)(H,23,24). The SMILES string of the molecule is COc1cc(C(=O)O)c(-c2c(C(=O)O)cc(OC)c(OC)c2OC)c(OC)c1C. The molecule has 0 unspecified atom stereocenters. The Labute approximate surface area is 167 Å². The van der Waals surface area contributed by atoms with Crippen molar-refractivity contribution in [2.45, 2.75) is 6.92 Å². The predicted octanol–water partition coefficient (Wildman–Crippen LogP) is 3.10. The lowest BCUT2D eigenvalue weighted by molar-refractivity contribution is 0.0683. The van der Waals surface area contributed by atoms with Crippen LogP contribution in [0.4, 0.5) is 0 Å². The molecule has 0 bridgehead atoms. The molecule has 0 spiro atoms. The summed E-state index contributed by atoms with van der Waals surface area (Å²) in [6, 6.07) is 2.54. The van der Waals surface area contributed by atoms with Crippen LogP contribution in [0.1, 0.15) is 26.3 Å². The molecule has 2 aromatic rings. The van der Waals surface area contributed by atoms with Gasteiger partial charge >= 0.3 is 11.9 Å². The third-order valence-corrected chi connectivity index (χ3v) is 4.45. The lowest BCUT2D eigenvalue weighted by Crippen LogP contribution is -2.10. The fourth-order valence-corrected chi connectivity index (χ4v) is 3.19. The normalized spacial score (nSPS) is 10.3. The van der Waals surface area contributed by atoms with E-state index < -0.39 is 11.9 Å². The summed E-state index contributed by atoms with van der Waals surface area (Å²) in [6.45, 7) is 1.67. The van der Waals surface area contributed by atoms with E-state index in [9.17, 15) is 19.8 Å². The maximum absolute atomic E-state index is 12.1. The van der Waals surface area contributed by atoms with E-state index in [0.717, 1.165) is 0 Å². The molecule has 2 N–H and O–H groups in total. The second-order valence-electron chi connectivity index (χ2n) is 5.84. The Morgan fingerprint density at radius 2 is 1.07 bits per heavy atom. The van der Waals surface area contributed by atoms with E-state index in [2.05, 4.69) is 0 Å². The molecule has 0 atom stereocenters. The number of hydrogen-bond acceptors (Lipinski definition) is 7. The van der Waals surface area contributed by atoms with E-state index in [1.165, 1.54) is 47.7 Å². The zero-order chi connectivity index (χ0) is 21.9. The van der Waals surface area contributed by atoms with Crippen LogP contribution in [-0.2, 0) is 0 Å². The number of carboxylic acids is 2. The van der Waals surface area contributed by atoms with Gasteiger partial charge in [0, 0.05) is 16.7 Å². The van der Waals surface area contributed by atoms with Crippen molar-refractivity contribution in [3.63, 3.8) is 0 Å². The third kappa shape index (κ3) is 3.58. The predicted molar refractivity (Wildman–Crippen MR) is 103 cm³/mol. The average Bonchev–Trinajstić information content (AvgIpc) is 2.71. The lowest BCUT2D eigenvalue weighted by Gasteiger charge is -2.22. The average molecular weight is 406 g/mol. The van der Waals surface area contributed by atoms with Crippen LogP contribution >= 0.6 is 0 Å². The van der Waals surface area contributed by atoms with Crippen molar-refractivity contribution in [3.8, 4) is 39.9 Å². The second-order valence-corrected chi connectivity index (χ2v) is 5.84. The van der Waals surface area contributed by atoms with Crippen LogP contribution in [-0.4, -0.2) is 57.7 Å². The molecule has 0 saturated heterocycles. The molecule has 0 radical (unpaired) electrons. The number of ether oxygens (including phenoxy) is 5. The Morgan fingerprint density at radius 3 is 1.45 bits per heavy atom. The lowest BCUT2D eigenvalue weighted by atomic mass is 9.90. The number of rotatable bonds is 8. The largest absolute Gasteiger partial charge is 0.496 e. The van der Waals surface area contributed by atoms with Crippen LogP contribution in [0.5, 0.6) is 28.7 Å². The van der Waals surface area contributed by atoms with Crippen molar-refractivity contribution in [2.24, 2.45) is 0 Å². The maximum atomic E-state index is 12.1. The number of carboxylic acid groups (broad SMARTS) is 2. The maximum Gasteiger partial charge on any atom is 0.336 e.